The first-order chi connectivity index (χ1) is 7.72. The van der Waals surface area contributed by atoms with Gasteiger partial charge in [-0.15, -0.1) is 0 Å². The van der Waals surface area contributed by atoms with Gasteiger partial charge in [0.05, 0.1) is 10.7 Å². The molecule has 1 N–H and O–H groups in total. The molecule has 2 aromatic rings. The Morgan fingerprint density at radius 2 is 2.31 bits per heavy atom. The van der Waals surface area contributed by atoms with Crippen molar-refractivity contribution in [1.29, 1.82) is 0 Å². The molecule has 5 heteroatoms. The summed E-state index contributed by atoms with van der Waals surface area (Å²) in [6.07, 6.45) is 3.47. The molecule has 0 spiro atoms. The lowest BCUT2D eigenvalue weighted by molar-refractivity contribution is 0.628. The van der Waals surface area contributed by atoms with Crippen molar-refractivity contribution in [3.8, 4) is 5.69 Å². The minimum atomic E-state index is -0.421. The molecule has 0 bridgehead atoms. The molecule has 2 rings (SSSR count). The van der Waals surface area contributed by atoms with Gasteiger partial charge in [0.1, 0.15) is 5.82 Å². The molecule has 1 aromatic heterocycles. The number of rotatable bonds is 3. The Kier molecular flexibility index (Phi) is 3.10. The summed E-state index contributed by atoms with van der Waals surface area (Å²) in [6, 6.07) is 4.57. The van der Waals surface area contributed by atoms with Crippen LogP contribution in [0.15, 0.2) is 30.6 Å². The zero-order valence-electron chi connectivity index (χ0n) is 8.74. The molecule has 0 aliphatic carbocycles. The van der Waals surface area contributed by atoms with Crippen LogP contribution in [0.2, 0.25) is 5.02 Å². The van der Waals surface area contributed by atoms with Crippen molar-refractivity contribution >= 4 is 17.5 Å². The number of nitrogens with zero attached hydrogens (tertiary/aromatic N) is 2. The zero-order chi connectivity index (χ0) is 11.5. The first-order valence-corrected chi connectivity index (χ1v) is 5.33. The van der Waals surface area contributed by atoms with Crippen LogP contribution in [0, 0.1) is 5.82 Å². The third-order valence-electron chi connectivity index (χ3n) is 2.16. The fourth-order valence-electron chi connectivity index (χ4n) is 1.44. The highest BCUT2D eigenvalue weighted by atomic mass is 35.5. The lowest BCUT2D eigenvalue weighted by Gasteiger charge is -2.08. The average molecular weight is 240 g/mol. The van der Waals surface area contributed by atoms with Crippen LogP contribution < -0.4 is 5.32 Å². The summed E-state index contributed by atoms with van der Waals surface area (Å²) < 4.78 is 14.8. The highest BCUT2D eigenvalue weighted by Gasteiger charge is 2.06. The van der Waals surface area contributed by atoms with Gasteiger partial charge in [0.2, 0.25) is 5.95 Å². The van der Waals surface area contributed by atoms with Crippen LogP contribution in [0.5, 0.6) is 0 Å². The molecule has 0 fully saturated rings. The van der Waals surface area contributed by atoms with Crippen LogP contribution >= 0.6 is 11.6 Å². The van der Waals surface area contributed by atoms with Crippen molar-refractivity contribution < 1.29 is 4.39 Å². The number of hydrogen-bond acceptors (Lipinski definition) is 2. The van der Waals surface area contributed by atoms with Gasteiger partial charge in [-0.25, -0.2) is 9.37 Å². The van der Waals surface area contributed by atoms with E-state index in [-0.39, 0.29) is 5.02 Å². The van der Waals surface area contributed by atoms with Crippen LogP contribution in [-0.2, 0) is 0 Å². The van der Waals surface area contributed by atoms with Gasteiger partial charge < -0.3 is 5.32 Å². The van der Waals surface area contributed by atoms with Gasteiger partial charge >= 0.3 is 0 Å². The Bertz CT molecular complexity index is 496. The van der Waals surface area contributed by atoms with Gasteiger partial charge in [0.25, 0.3) is 0 Å². The molecule has 0 radical (unpaired) electrons. The summed E-state index contributed by atoms with van der Waals surface area (Å²) in [5.74, 6) is 0.292. The van der Waals surface area contributed by atoms with Crippen molar-refractivity contribution in [3.63, 3.8) is 0 Å². The Morgan fingerprint density at radius 1 is 1.50 bits per heavy atom. The van der Waals surface area contributed by atoms with Gasteiger partial charge in [0, 0.05) is 18.9 Å². The van der Waals surface area contributed by atoms with E-state index < -0.39 is 5.82 Å². The molecule has 0 aliphatic rings. The van der Waals surface area contributed by atoms with Crippen molar-refractivity contribution in [2.24, 2.45) is 0 Å². The number of hydrogen-bond donors (Lipinski definition) is 1. The molecule has 0 amide bonds. The lowest BCUT2D eigenvalue weighted by Crippen LogP contribution is -2.04. The number of halogens is 2. The van der Waals surface area contributed by atoms with Crippen LogP contribution in [-0.4, -0.2) is 16.1 Å². The summed E-state index contributed by atoms with van der Waals surface area (Å²) in [5.41, 5.74) is 0.778. The SMILES string of the molecule is CCNc1nccn1-c1ccc(F)c(Cl)c1. The Morgan fingerprint density at radius 3 is 3.00 bits per heavy atom. The van der Waals surface area contributed by atoms with Gasteiger partial charge in [-0.05, 0) is 25.1 Å². The summed E-state index contributed by atoms with van der Waals surface area (Å²) in [6.45, 7) is 2.75. The number of aromatic nitrogens is 2. The maximum Gasteiger partial charge on any atom is 0.207 e. The molecule has 16 heavy (non-hydrogen) atoms. The lowest BCUT2D eigenvalue weighted by atomic mass is 10.3. The maximum atomic E-state index is 13.0. The average Bonchev–Trinajstić information content (AvgIpc) is 2.71. The van der Waals surface area contributed by atoms with Crippen LogP contribution in [0.4, 0.5) is 10.3 Å². The first kappa shape index (κ1) is 11.0. The normalized spacial score (nSPS) is 10.4. The second-order valence-corrected chi connectivity index (χ2v) is 3.66. The monoisotopic (exact) mass is 239 g/mol. The number of imidazole rings is 1. The van der Waals surface area contributed by atoms with E-state index in [9.17, 15) is 4.39 Å². The molecular weight excluding hydrogens is 229 g/mol. The Balaban J connectivity index is 2.42. The molecule has 0 aliphatic heterocycles. The van der Waals surface area contributed by atoms with E-state index in [1.165, 1.54) is 6.07 Å². The van der Waals surface area contributed by atoms with E-state index in [1.807, 2.05) is 11.5 Å². The standard InChI is InChI=1S/C11H11ClFN3/c1-2-14-11-15-5-6-16(11)8-3-4-10(13)9(12)7-8/h3-7H,2H2,1H3,(H,14,15). The predicted molar refractivity (Wildman–Crippen MR) is 62.7 cm³/mol. The fourth-order valence-corrected chi connectivity index (χ4v) is 1.61. The smallest absolute Gasteiger partial charge is 0.207 e. The molecule has 3 nitrogen and oxygen atoms in total. The van der Waals surface area contributed by atoms with Gasteiger partial charge in [-0.3, -0.25) is 4.57 Å². The van der Waals surface area contributed by atoms with E-state index in [4.69, 9.17) is 11.6 Å². The van der Waals surface area contributed by atoms with Crippen LogP contribution in [0.1, 0.15) is 6.92 Å². The summed E-state index contributed by atoms with van der Waals surface area (Å²) >= 11 is 5.73. The minimum absolute atomic E-state index is 0.105. The maximum absolute atomic E-state index is 13.0. The summed E-state index contributed by atoms with van der Waals surface area (Å²) in [4.78, 5) is 4.15. The molecular formula is C11H11ClFN3. The van der Waals surface area contributed by atoms with E-state index in [0.29, 0.717) is 5.95 Å². The summed E-state index contributed by atoms with van der Waals surface area (Å²) in [5, 5.41) is 3.21. The third kappa shape index (κ3) is 2.02. The topological polar surface area (TPSA) is 29.9 Å². The molecule has 0 saturated carbocycles. The number of benzene rings is 1. The predicted octanol–water partition coefficient (Wildman–Crippen LogP) is 3.10. The molecule has 0 atom stereocenters. The van der Waals surface area contributed by atoms with Crippen molar-refractivity contribution in [2.45, 2.75) is 6.92 Å². The molecule has 0 saturated heterocycles. The fraction of sp³-hybridized carbons (Fsp3) is 0.182. The largest absolute Gasteiger partial charge is 0.356 e. The second kappa shape index (κ2) is 4.53. The van der Waals surface area contributed by atoms with Crippen LogP contribution in [0.3, 0.4) is 0 Å². The zero-order valence-corrected chi connectivity index (χ0v) is 9.50. The second-order valence-electron chi connectivity index (χ2n) is 3.25. The van der Waals surface area contributed by atoms with Gasteiger partial charge in [-0.1, -0.05) is 11.6 Å². The quantitative estimate of drug-likeness (QED) is 0.892. The first-order valence-electron chi connectivity index (χ1n) is 4.95. The molecule has 0 unspecified atom stereocenters. The van der Waals surface area contributed by atoms with E-state index in [2.05, 4.69) is 10.3 Å². The van der Waals surface area contributed by atoms with Gasteiger partial charge in [0.15, 0.2) is 0 Å². The van der Waals surface area contributed by atoms with E-state index in [1.54, 1.807) is 24.5 Å². The molecule has 1 aromatic carbocycles. The number of anilines is 1. The van der Waals surface area contributed by atoms with Gasteiger partial charge in [-0.2, -0.15) is 0 Å². The van der Waals surface area contributed by atoms with Crippen molar-refractivity contribution in [3.05, 3.63) is 41.4 Å². The highest BCUT2D eigenvalue weighted by molar-refractivity contribution is 6.30. The summed E-state index contributed by atoms with van der Waals surface area (Å²) in [7, 11) is 0. The van der Waals surface area contributed by atoms with Crippen molar-refractivity contribution in [1.82, 2.24) is 9.55 Å². The molecule has 84 valence electrons. The van der Waals surface area contributed by atoms with E-state index >= 15 is 0 Å². The van der Waals surface area contributed by atoms with E-state index in [0.717, 1.165) is 12.2 Å². The minimum Gasteiger partial charge on any atom is -0.356 e. The van der Waals surface area contributed by atoms with Crippen LogP contribution in [0.25, 0.3) is 5.69 Å². The Hall–Kier alpha value is -1.55. The molecule has 1 heterocycles. The Labute approximate surface area is 97.9 Å². The third-order valence-corrected chi connectivity index (χ3v) is 2.45. The van der Waals surface area contributed by atoms with Crippen molar-refractivity contribution in [2.75, 3.05) is 11.9 Å². The highest BCUT2D eigenvalue weighted by Crippen LogP contribution is 2.21. The number of nitrogens with one attached hydrogen (secondary N) is 1.